The average molecular weight is 314 g/mol. The van der Waals surface area contributed by atoms with Crippen LogP contribution in [-0.4, -0.2) is 35.5 Å². The van der Waals surface area contributed by atoms with E-state index in [2.05, 4.69) is 13.8 Å². The summed E-state index contributed by atoms with van der Waals surface area (Å²) in [6, 6.07) is 1.60. The van der Waals surface area contributed by atoms with E-state index in [9.17, 15) is 13.5 Å². The fourth-order valence-corrected chi connectivity index (χ4v) is 4.49. The highest BCUT2D eigenvalue weighted by Gasteiger charge is 2.34. The van der Waals surface area contributed by atoms with E-state index >= 15 is 0 Å². The summed E-state index contributed by atoms with van der Waals surface area (Å²) in [5.74, 6) is 0.942. The third-order valence-electron chi connectivity index (χ3n) is 4.36. The first-order valence-corrected chi connectivity index (χ1v) is 9.14. The Morgan fingerprint density at radius 1 is 1.43 bits per heavy atom. The van der Waals surface area contributed by atoms with Gasteiger partial charge in [-0.15, -0.1) is 0 Å². The van der Waals surface area contributed by atoms with Gasteiger partial charge in [0.15, 0.2) is 0 Å². The summed E-state index contributed by atoms with van der Waals surface area (Å²) in [7, 11) is -3.43. The Labute approximate surface area is 127 Å². The lowest BCUT2D eigenvalue weighted by atomic mass is 9.96. The van der Waals surface area contributed by atoms with Crippen LogP contribution >= 0.6 is 0 Å². The monoisotopic (exact) mass is 314 g/mol. The molecule has 2 rings (SSSR count). The van der Waals surface area contributed by atoms with E-state index in [1.807, 2.05) is 11.5 Å². The molecule has 1 atom stereocenters. The highest BCUT2D eigenvalue weighted by molar-refractivity contribution is 7.89. The first-order valence-electron chi connectivity index (χ1n) is 7.70. The summed E-state index contributed by atoms with van der Waals surface area (Å²) in [6.45, 7) is 8.10. The first-order chi connectivity index (χ1) is 9.90. The second kappa shape index (κ2) is 6.50. The molecule has 1 aliphatic rings. The summed E-state index contributed by atoms with van der Waals surface area (Å²) in [4.78, 5) is 0.310. The molecule has 21 heavy (non-hydrogen) atoms. The molecular weight excluding hydrogens is 288 g/mol. The van der Waals surface area contributed by atoms with Crippen molar-refractivity contribution in [1.29, 1.82) is 0 Å². The topological polar surface area (TPSA) is 62.5 Å². The van der Waals surface area contributed by atoms with Gasteiger partial charge < -0.3 is 9.67 Å². The van der Waals surface area contributed by atoms with Crippen molar-refractivity contribution in [1.82, 2.24) is 8.87 Å². The zero-order valence-corrected chi connectivity index (χ0v) is 13.9. The molecule has 0 aromatic carbocycles. The Balaban J connectivity index is 2.24. The fourth-order valence-electron chi connectivity index (χ4n) is 2.91. The van der Waals surface area contributed by atoms with E-state index in [1.165, 1.54) is 0 Å². The van der Waals surface area contributed by atoms with Crippen LogP contribution in [-0.2, 0) is 23.2 Å². The highest BCUT2D eigenvalue weighted by Crippen LogP contribution is 2.29. The molecule has 1 fully saturated rings. The standard InChI is InChI=1S/C15H26N2O3S/c1-4-6-16-10-15(8-14(16)11-18)21(19,20)17-7-5-13(9-17)12(2)3/h8,10,12-13,18H,4-7,9,11H2,1-3H3. The molecule has 0 saturated carbocycles. The minimum atomic E-state index is -3.43. The van der Waals surface area contributed by atoms with Gasteiger partial charge in [0.2, 0.25) is 10.0 Å². The van der Waals surface area contributed by atoms with Gasteiger partial charge in [-0.05, 0) is 30.7 Å². The summed E-state index contributed by atoms with van der Waals surface area (Å²) in [5.41, 5.74) is 0.662. The molecule has 5 nitrogen and oxygen atoms in total. The lowest BCUT2D eigenvalue weighted by Crippen LogP contribution is -2.29. The molecule has 0 radical (unpaired) electrons. The maximum Gasteiger partial charge on any atom is 0.244 e. The van der Waals surface area contributed by atoms with Crippen molar-refractivity contribution in [3.63, 3.8) is 0 Å². The number of sulfonamides is 1. The van der Waals surface area contributed by atoms with E-state index in [4.69, 9.17) is 0 Å². The Morgan fingerprint density at radius 3 is 2.67 bits per heavy atom. The van der Waals surface area contributed by atoms with Gasteiger partial charge >= 0.3 is 0 Å². The van der Waals surface area contributed by atoms with Crippen molar-refractivity contribution in [3.05, 3.63) is 18.0 Å². The molecule has 120 valence electrons. The van der Waals surface area contributed by atoms with Crippen LogP contribution in [0, 0.1) is 11.8 Å². The van der Waals surface area contributed by atoms with Crippen LogP contribution < -0.4 is 0 Å². The largest absolute Gasteiger partial charge is 0.390 e. The number of aliphatic hydroxyl groups is 1. The zero-order valence-electron chi connectivity index (χ0n) is 13.1. The van der Waals surface area contributed by atoms with Crippen molar-refractivity contribution in [2.75, 3.05) is 13.1 Å². The number of hydrogen-bond acceptors (Lipinski definition) is 3. The lowest BCUT2D eigenvalue weighted by Gasteiger charge is -2.17. The van der Waals surface area contributed by atoms with Crippen LogP contribution in [0.1, 0.15) is 39.3 Å². The molecule has 0 aliphatic carbocycles. The van der Waals surface area contributed by atoms with E-state index in [1.54, 1.807) is 16.6 Å². The third kappa shape index (κ3) is 3.33. The average Bonchev–Trinajstić information content (AvgIpc) is 3.06. The predicted molar refractivity (Wildman–Crippen MR) is 82.3 cm³/mol. The van der Waals surface area contributed by atoms with Crippen molar-refractivity contribution < 1.29 is 13.5 Å². The molecule has 1 aromatic heterocycles. The molecule has 0 amide bonds. The summed E-state index contributed by atoms with van der Waals surface area (Å²) in [5, 5.41) is 9.38. The molecular formula is C15H26N2O3S. The summed E-state index contributed by atoms with van der Waals surface area (Å²) in [6.07, 6.45) is 3.49. The molecule has 1 unspecified atom stereocenters. The maximum atomic E-state index is 12.7. The SMILES string of the molecule is CCCn1cc(S(=O)(=O)N2CCC(C(C)C)C2)cc1CO. The van der Waals surface area contributed by atoms with Crippen LogP contribution in [0.5, 0.6) is 0 Å². The molecule has 1 aliphatic heterocycles. The van der Waals surface area contributed by atoms with Gasteiger partial charge in [-0.2, -0.15) is 4.31 Å². The Bertz CT molecular complexity index is 578. The van der Waals surface area contributed by atoms with E-state index in [0.29, 0.717) is 35.5 Å². The van der Waals surface area contributed by atoms with Gasteiger partial charge in [-0.3, -0.25) is 0 Å². The molecule has 1 aromatic rings. The molecule has 1 saturated heterocycles. The number of aryl methyl sites for hydroxylation is 1. The molecule has 0 bridgehead atoms. The van der Waals surface area contributed by atoms with Crippen molar-refractivity contribution in [2.45, 2.75) is 51.7 Å². The van der Waals surface area contributed by atoms with E-state index in [-0.39, 0.29) is 6.61 Å². The van der Waals surface area contributed by atoms with E-state index in [0.717, 1.165) is 19.4 Å². The van der Waals surface area contributed by atoms with Gasteiger partial charge in [0, 0.05) is 31.5 Å². The smallest absolute Gasteiger partial charge is 0.244 e. The summed E-state index contributed by atoms with van der Waals surface area (Å²) < 4.78 is 28.9. The Hall–Kier alpha value is -0.850. The minimum absolute atomic E-state index is 0.135. The van der Waals surface area contributed by atoms with Gasteiger partial charge in [0.25, 0.3) is 0 Å². The Kier molecular flexibility index (Phi) is 5.11. The highest BCUT2D eigenvalue weighted by atomic mass is 32.2. The van der Waals surface area contributed by atoms with Crippen molar-refractivity contribution in [2.24, 2.45) is 11.8 Å². The van der Waals surface area contributed by atoms with Crippen LogP contribution in [0.25, 0.3) is 0 Å². The molecule has 0 spiro atoms. The first kappa shape index (κ1) is 16.5. The summed E-state index contributed by atoms with van der Waals surface area (Å²) >= 11 is 0. The number of aliphatic hydroxyl groups excluding tert-OH is 1. The minimum Gasteiger partial charge on any atom is -0.390 e. The normalized spacial score (nSPS) is 20.5. The van der Waals surface area contributed by atoms with Crippen molar-refractivity contribution in [3.8, 4) is 0 Å². The molecule has 2 heterocycles. The third-order valence-corrected chi connectivity index (χ3v) is 6.19. The lowest BCUT2D eigenvalue weighted by molar-refractivity contribution is 0.270. The van der Waals surface area contributed by atoms with Gasteiger partial charge in [-0.25, -0.2) is 8.42 Å². The number of hydrogen-bond donors (Lipinski definition) is 1. The number of rotatable bonds is 6. The van der Waals surface area contributed by atoms with Crippen molar-refractivity contribution >= 4 is 10.0 Å². The van der Waals surface area contributed by atoms with Crippen LogP contribution in [0.3, 0.4) is 0 Å². The maximum absolute atomic E-state index is 12.7. The van der Waals surface area contributed by atoms with Crippen LogP contribution in [0.2, 0.25) is 0 Å². The van der Waals surface area contributed by atoms with Crippen LogP contribution in [0.15, 0.2) is 17.2 Å². The molecule has 6 heteroatoms. The second-order valence-electron chi connectivity index (χ2n) is 6.17. The Morgan fingerprint density at radius 2 is 2.14 bits per heavy atom. The second-order valence-corrected chi connectivity index (χ2v) is 8.11. The zero-order chi connectivity index (χ0) is 15.6. The predicted octanol–water partition coefficient (Wildman–Crippen LogP) is 2.06. The molecule has 1 N–H and O–H groups in total. The quantitative estimate of drug-likeness (QED) is 0.874. The number of nitrogens with zero attached hydrogens (tertiary/aromatic N) is 2. The van der Waals surface area contributed by atoms with Crippen LogP contribution in [0.4, 0.5) is 0 Å². The fraction of sp³-hybridized carbons (Fsp3) is 0.733. The van der Waals surface area contributed by atoms with Gasteiger partial charge in [0.1, 0.15) is 4.90 Å². The van der Waals surface area contributed by atoms with E-state index < -0.39 is 10.0 Å². The van der Waals surface area contributed by atoms with Gasteiger partial charge in [0.05, 0.1) is 6.61 Å². The van der Waals surface area contributed by atoms with Gasteiger partial charge in [-0.1, -0.05) is 20.8 Å². The number of aromatic nitrogens is 1.